The van der Waals surface area contributed by atoms with Gasteiger partial charge in [-0.05, 0) is 60.3 Å². The summed E-state index contributed by atoms with van der Waals surface area (Å²) in [5, 5.41) is 6.68. The number of fused-ring (bicyclic) bond motifs is 2. The van der Waals surface area contributed by atoms with Crippen LogP contribution in [0.3, 0.4) is 0 Å². The molecule has 1 amide bonds. The number of nitrogens with zero attached hydrogens (tertiary/aromatic N) is 1. The lowest BCUT2D eigenvalue weighted by atomic mass is 9.67. The molecule has 1 unspecified atom stereocenters. The monoisotopic (exact) mass is 525 g/mol. The average Bonchev–Trinajstić information content (AvgIpc) is 3.36. The van der Waals surface area contributed by atoms with Crippen molar-refractivity contribution in [1.29, 1.82) is 0 Å². The maximum atomic E-state index is 14.5. The lowest BCUT2D eigenvalue weighted by Crippen LogP contribution is -2.57. The number of hydrogen-bond acceptors (Lipinski definition) is 3. The van der Waals surface area contributed by atoms with Gasteiger partial charge in [0.15, 0.2) is 0 Å². The molecule has 2 N–H and O–H groups in total. The van der Waals surface area contributed by atoms with Crippen molar-refractivity contribution in [3.63, 3.8) is 0 Å². The molecule has 1 spiro atoms. The summed E-state index contributed by atoms with van der Waals surface area (Å²) in [6.45, 7) is 2.43. The first-order valence-electron chi connectivity index (χ1n) is 14.3. The molecule has 0 aromatic heterocycles. The molecule has 204 valence electrons. The van der Waals surface area contributed by atoms with Crippen molar-refractivity contribution in [2.24, 2.45) is 11.8 Å². The highest BCUT2D eigenvalue weighted by molar-refractivity contribution is 5.82. The first kappa shape index (κ1) is 25.9. The van der Waals surface area contributed by atoms with E-state index in [1.807, 2.05) is 12.1 Å². The molecule has 38 heavy (non-hydrogen) atoms. The van der Waals surface area contributed by atoms with Gasteiger partial charge >= 0.3 is 6.18 Å². The van der Waals surface area contributed by atoms with Crippen molar-refractivity contribution in [3.8, 4) is 0 Å². The SMILES string of the molecule is O=C(C1CNC[C@]12CNCc1c(C(F)(F)F)cccc12)N1CC[C@@H](c2ccccc2)C[C@H]1C1CCCCC1. The van der Waals surface area contributed by atoms with Crippen LogP contribution >= 0.6 is 0 Å². The standard InChI is InChI=1S/C31H38F3N3O/c32-31(33,34)26-13-7-12-25-24(26)17-35-19-30(25)20-36-18-27(30)29(38)37-15-14-23(21-8-3-1-4-9-21)16-28(37)22-10-5-2-6-11-22/h1,3-4,7-9,12-13,22-23,27-28,35-36H,2,5-6,10-11,14-20H2/t23-,27?,28+,30+/m1/s1. The van der Waals surface area contributed by atoms with Crippen LogP contribution in [0.15, 0.2) is 48.5 Å². The highest BCUT2D eigenvalue weighted by Gasteiger charge is 2.53. The van der Waals surface area contributed by atoms with Crippen LogP contribution in [0.5, 0.6) is 0 Å². The number of piperidine rings is 1. The zero-order valence-electron chi connectivity index (χ0n) is 21.9. The van der Waals surface area contributed by atoms with E-state index in [9.17, 15) is 18.0 Å². The van der Waals surface area contributed by atoms with E-state index in [1.54, 1.807) is 0 Å². The zero-order valence-corrected chi connectivity index (χ0v) is 21.9. The van der Waals surface area contributed by atoms with Gasteiger partial charge < -0.3 is 15.5 Å². The van der Waals surface area contributed by atoms with Crippen molar-refractivity contribution in [3.05, 3.63) is 70.8 Å². The molecule has 0 radical (unpaired) electrons. The normalized spacial score (nSPS) is 30.4. The van der Waals surface area contributed by atoms with Crippen LogP contribution < -0.4 is 10.6 Å². The van der Waals surface area contributed by atoms with E-state index in [0.717, 1.165) is 32.2 Å². The van der Waals surface area contributed by atoms with Gasteiger partial charge in [-0.25, -0.2) is 0 Å². The van der Waals surface area contributed by atoms with Crippen molar-refractivity contribution < 1.29 is 18.0 Å². The van der Waals surface area contributed by atoms with Crippen LogP contribution in [0.25, 0.3) is 0 Å². The summed E-state index contributed by atoms with van der Waals surface area (Å²) >= 11 is 0. The minimum atomic E-state index is -4.41. The lowest BCUT2D eigenvalue weighted by molar-refractivity contribution is -0.142. The summed E-state index contributed by atoms with van der Waals surface area (Å²) in [6.07, 6.45) is 3.49. The fourth-order valence-electron chi connectivity index (χ4n) is 8.03. The number of carbonyl (C=O) groups is 1. The number of rotatable bonds is 3. The van der Waals surface area contributed by atoms with E-state index in [0.29, 0.717) is 42.6 Å². The average molecular weight is 526 g/mol. The van der Waals surface area contributed by atoms with Crippen LogP contribution in [0.2, 0.25) is 0 Å². The number of hydrogen-bond donors (Lipinski definition) is 2. The number of carbonyl (C=O) groups excluding carboxylic acids is 1. The number of alkyl halides is 3. The first-order valence-corrected chi connectivity index (χ1v) is 14.3. The maximum absolute atomic E-state index is 14.5. The number of halogens is 3. The third kappa shape index (κ3) is 4.56. The Morgan fingerprint density at radius 3 is 2.45 bits per heavy atom. The summed E-state index contributed by atoms with van der Waals surface area (Å²) in [4.78, 5) is 16.7. The van der Waals surface area contributed by atoms with Gasteiger partial charge in [0.05, 0.1) is 11.5 Å². The quantitative estimate of drug-likeness (QED) is 0.547. The highest BCUT2D eigenvalue weighted by atomic mass is 19.4. The Bertz CT molecular complexity index is 1150. The van der Waals surface area contributed by atoms with Crippen LogP contribution in [0.1, 0.15) is 73.1 Å². The number of nitrogens with one attached hydrogen (secondary N) is 2. The topological polar surface area (TPSA) is 44.4 Å². The van der Waals surface area contributed by atoms with Gasteiger partial charge in [0.2, 0.25) is 5.91 Å². The number of likely N-dealkylation sites (tertiary alicyclic amines) is 1. The molecule has 6 rings (SSSR count). The molecule has 1 saturated carbocycles. The van der Waals surface area contributed by atoms with Gasteiger partial charge in [-0.1, -0.05) is 61.7 Å². The van der Waals surface area contributed by atoms with E-state index < -0.39 is 17.2 Å². The van der Waals surface area contributed by atoms with Gasteiger partial charge in [0.25, 0.3) is 0 Å². The smallest absolute Gasteiger partial charge is 0.339 e. The van der Waals surface area contributed by atoms with E-state index in [1.165, 1.54) is 37.0 Å². The molecule has 2 saturated heterocycles. The van der Waals surface area contributed by atoms with Crippen molar-refractivity contribution in [2.75, 3.05) is 26.2 Å². The molecule has 0 bridgehead atoms. The Morgan fingerprint density at radius 2 is 1.68 bits per heavy atom. The maximum Gasteiger partial charge on any atom is 0.416 e. The predicted octanol–water partition coefficient (Wildman–Crippen LogP) is 5.62. The molecule has 4 atom stereocenters. The summed E-state index contributed by atoms with van der Waals surface area (Å²) in [7, 11) is 0. The number of benzene rings is 2. The van der Waals surface area contributed by atoms with Gasteiger partial charge in [0, 0.05) is 44.2 Å². The fraction of sp³-hybridized carbons (Fsp3) is 0.581. The third-order valence-corrected chi connectivity index (χ3v) is 9.91. The van der Waals surface area contributed by atoms with Gasteiger partial charge in [-0.15, -0.1) is 0 Å². The second kappa shape index (κ2) is 10.3. The third-order valence-electron chi connectivity index (χ3n) is 9.91. The van der Waals surface area contributed by atoms with E-state index in [-0.39, 0.29) is 24.4 Å². The van der Waals surface area contributed by atoms with Crippen molar-refractivity contribution in [1.82, 2.24) is 15.5 Å². The minimum Gasteiger partial charge on any atom is -0.339 e. The Morgan fingerprint density at radius 1 is 0.921 bits per heavy atom. The Labute approximate surface area is 223 Å². The molecular formula is C31H38F3N3O. The largest absolute Gasteiger partial charge is 0.416 e. The predicted molar refractivity (Wildman–Crippen MR) is 142 cm³/mol. The van der Waals surface area contributed by atoms with E-state index in [4.69, 9.17) is 0 Å². The lowest BCUT2D eigenvalue weighted by Gasteiger charge is -2.48. The van der Waals surface area contributed by atoms with Crippen LogP contribution in [-0.4, -0.2) is 43.0 Å². The summed E-state index contributed by atoms with van der Waals surface area (Å²) in [5.74, 6) is 0.688. The van der Waals surface area contributed by atoms with Gasteiger partial charge in [-0.3, -0.25) is 4.79 Å². The van der Waals surface area contributed by atoms with Crippen LogP contribution in [0.4, 0.5) is 13.2 Å². The summed E-state index contributed by atoms with van der Waals surface area (Å²) in [6, 6.07) is 15.4. The Hall–Kier alpha value is -2.38. The van der Waals surface area contributed by atoms with Crippen molar-refractivity contribution >= 4 is 5.91 Å². The molecular weight excluding hydrogens is 487 g/mol. The van der Waals surface area contributed by atoms with E-state index in [2.05, 4.69) is 39.8 Å². The molecule has 7 heteroatoms. The van der Waals surface area contributed by atoms with Crippen LogP contribution in [-0.2, 0) is 22.9 Å². The molecule has 2 aromatic carbocycles. The van der Waals surface area contributed by atoms with Crippen molar-refractivity contribution in [2.45, 2.75) is 75.0 Å². The number of amides is 1. The highest BCUT2D eigenvalue weighted by Crippen LogP contribution is 2.46. The molecule has 3 fully saturated rings. The Kier molecular flexibility index (Phi) is 7.02. The van der Waals surface area contributed by atoms with Crippen LogP contribution in [0, 0.1) is 11.8 Å². The second-order valence-corrected chi connectivity index (χ2v) is 11.9. The molecule has 3 heterocycles. The second-order valence-electron chi connectivity index (χ2n) is 11.9. The summed E-state index contributed by atoms with van der Waals surface area (Å²) in [5.41, 5.74) is 1.11. The molecule has 1 aliphatic carbocycles. The van der Waals surface area contributed by atoms with Gasteiger partial charge in [-0.2, -0.15) is 13.2 Å². The van der Waals surface area contributed by atoms with Gasteiger partial charge in [0.1, 0.15) is 0 Å². The molecule has 4 nitrogen and oxygen atoms in total. The molecule has 3 aliphatic heterocycles. The fourth-order valence-corrected chi connectivity index (χ4v) is 8.03. The first-order chi connectivity index (χ1) is 18.4. The minimum absolute atomic E-state index is 0.129. The van der Waals surface area contributed by atoms with E-state index >= 15 is 0 Å². The summed E-state index contributed by atoms with van der Waals surface area (Å²) < 4.78 is 41.7. The molecule has 2 aromatic rings. The molecule has 4 aliphatic rings. The Balaban J connectivity index is 1.32. The zero-order chi connectivity index (χ0) is 26.3.